The van der Waals surface area contributed by atoms with Gasteiger partial charge in [0.05, 0.1) is 17.6 Å². The third kappa shape index (κ3) is 7.18. The average Bonchev–Trinajstić information content (AvgIpc) is 2.96. The molecule has 0 fully saturated rings. The minimum Gasteiger partial charge on any atom is -0.493 e. The molecule has 2 aromatic rings. The highest BCUT2D eigenvalue weighted by Gasteiger charge is 2.71. The fraction of sp³-hybridized carbons (Fsp3) is 0.469. The number of carboxylic acids is 1. The van der Waals surface area contributed by atoms with Gasteiger partial charge in [-0.1, -0.05) is 44.9 Å². The Morgan fingerprint density at radius 1 is 0.933 bits per heavy atom. The van der Waals surface area contributed by atoms with Gasteiger partial charge in [0.15, 0.2) is 0 Å². The number of aliphatic hydroxyl groups is 1. The summed E-state index contributed by atoms with van der Waals surface area (Å²) < 4.78 is 87.7. The molecule has 2 amide bonds. The van der Waals surface area contributed by atoms with Crippen LogP contribution in [0.25, 0.3) is 0 Å². The Labute approximate surface area is 256 Å². The lowest BCUT2D eigenvalue weighted by Gasteiger charge is -2.35. The molecule has 0 bridgehead atoms. The van der Waals surface area contributed by atoms with Crippen LogP contribution < -0.4 is 4.74 Å². The van der Waals surface area contributed by atoms with E-state index in [0.29, 0.717) is 30.5 Å². The molecule has 0 saturated carbocycles. The second-order valence-corrected chi connectivity index (χ2v) is 11.1. The maximum absolute atomic E-state index is 13.6. The molecule has 246 valence electrons. The van der Waals surface area contributed by atoms with E-state index in [-0.39, 0.29) is 61.3 Å². The van der Waals surface area contributed by atoms with Gasteiger partial charge in [-0.3, -0.25) is 14.5 Å². The molecule has 0 radical (unpaired) electrons. The lowest BCUT2D eigenvalue weighted by atomic mass is 9.78. The number of aromatic carboxylic acids is 1. The number of aryl methyl sites for hydroxylation is 2. The van der Waals surface area contributed by atoms with Crippen LogP contribution in [0.3, 0.4) is 0 Å². The fourth-order valence-electron chi connectivity index (χ4n) is 5.28. The first-order valence-corrected chi connectivity index (χ1v) is 14.5. The second-order valence-electron chi connectivity index (χ2n) is 11.1. The topological polar surface area (TPSA) is 104 Å². The molecule has 45 heavy (non-hydrogen) atoms. The zero-order chi connectivity index (χ0) is 33.8. The minimum absolute atomic E-state index is 0.00759. The Morgan fingerprint density at radius 2 is 1.51 bits per heavy atom. The van der Waals surface area contributed by atoms with Crippen LogP contribution in [0.4, 0.5) is 26.3 Å². The number of halogens is 6. The van der Waals surface area contributed by atoms with E-state index in [9.17, 15) is 50.9 Å². The normalized spacial score (nSPS) is 17.6. The number of rotatable bonds is 13. The van der Waals surface area contributed by atoms with E-state index < -0.39 is 46.7 Å². The van der Waals surface area contributed by atoms with Gasteiger partial charge in [-0.25, -0.2) is 4.79 Å². The zero-order valence-corrected chi connectivity index (χ0v) is 25.0. The molecular formula is C32H35F6NO6. The molecule has 1 aliphatic rings. The molecule has 2 aromatic carbocycles. The van der Waals surface area contributed by atoms with E-state index in [0.717, 1.165) is 4.90 Å². The first-order chi connectivity index (χ1) is 20.9. The molecule has 0 aromatic heterocycles. The number of hydrogen-bond acceptors (Lipinski definition) is 5. The number of unbranched alkanes of at least 4 members (excludes halogenated alkanes) is 1. The van der Waals surface area contributed by atoms with Crippen LogP contribution >= 0.6 is 0 Å². The monoisotopic (exact) mass is 643 g/mol. The number of imide groups is 1. The highest BCUT2D eigenvalue weighted by Crippen LogP contribution is 2.51. The number of carbonyl (C=O) groups is 3. The molecule has 0 aliphatic carbocycles. The summed E-state index contributed by atoms with van der Waals surface area (Å²) in [6.45, 7) is 4.94. The molecule has 0 spiro atoms. The fourth-order valence-corrected chi connectivity index (χ4v) is 5.28. The first kappa shape index (κ1) is 35.6. The van der Waals surface area contributed by atoms with Gasteiger partial charge in [0, 0.05) is 18.2 Å². The number of carboxylic acid groups (broad SMARTS) is 1. The largest absolute Gasteiger partial charge is 0.493 e. The number of amides is 2. The first-order valence-electron chi connectivity index (χ1n) is 14.5. The van der Waals surface area contributed by atoms with E-state index in [1.807, 2.05) is 0 Å². The highest BCUT2D eigenvalue weighted by molar-refractivity contribution is 6.09. The van der Waals surface area contributed by atoms with Gasteiger partial charge in [0.2, 0.25) is 5.91 Å². The summed E-state index contributed by atoms with van der Waals surface area (Å²) in [7, 11) is 0. The van der Waals surface area contributed by atoms with Crippen molar-refractivity contribution in [2.24, 2.45) is 0 Å². The van der Waals surface area contributed by atoms with Gasteiger partial charge in [0.25, 0.3) is 11.5 Å². The Kier molecular flexibility index (Phi) is 10.8. The summed E-state index contributed by atoms with van der Waals surface area (Å²) in [5.74, 6) is -2.13. The van der Waals surface area contributed by atoms with Crippen molar-refractivity contribution in [1.29, 1.82) is 0 Å². The predicted molar refractivity (Wildman–Crippen MR) is 152 cm³/mol. The minimum atomic E-state index is -6.02. The van der Waals surface area contributed by atoms with Crippen LogP contribution in [0.1, 0.15) is 79.1 Å². The maximum atomic E-state index is 13.6. The van der Waals surface area contributed by atoms with Crippen LogP contribution in [-0.2, 0) is 33.4 Å². The van der Waals surface area contributed by atoms with Crippen LogP contribution in [0.15, 0.2) is 48.6 Å². The summed E-state index contributed by atoms with van der Waals surface area (Å²) >= 11 is 0. The van der Waals surface area contributed by atoms with Crippen molar-refractivity contribution >= 4 is 17.8 Å². The van der Waals surface area contributed by atoms with Crippen molar-refractivity contribution in [3.05, 3.63) is 76.4 Å². The molecule has 13 heteroatoms. The molecule has 7 nitrogen and oxygen atoms in total. The molecular weight excluding hydrogens is 608 g/mol. The van der Waals surface area contributed by atoms with E-state index in [1.54, 1.807) is 26.8 Å². The van der Waals surface area contributed by atoms with Crippen molar-refractivity contribution in [3.63, 3.8) is 0 Å². The van der Waals surface area contributed by atoms with Crippen LogP contribution in [-0.4, -0.2) is 58.4 Å². The van der Waals surface area contributed by atoms with Crippen molar-refractivity contribution in [2.45, 2.75) is 82.7 Å². The second kappa shape index (κ2) is 13.6. The van der Waals surface area contributed by atoms with Crippen molar-refractivity contribution < 1.29 is 55.7 Å². The average molecular weight is 644 g/mol. The summed E-state index contributed by atoms with van der Waals surface area (Å²) in [5, 5.41) is 19.3. The van der Waals surface area contributed by atoms with Gasteiger partial charge in [-0.2, -0.15) is 26.3 Å². The van der Waals surface area contributed by atoms with Gasteiger partial charge in [-0.05, 0) is 73.6 Å². The van der Waals surface area contributed by atoms with Crippen molar-refractivity contribution in [3.8, 4) is 5.75 Å². The summed E-state index contributed by atoms with van der Waals surface area (Å²) in [5.41, 5.74) is -7.12. The third-order valence-corrected chi connectivity index (χ3v) is 7.77. The highest BCUT2D eigenvalue weighted by atomic mass is 19.4. The summed E-state index contributed by atoms with van der Waals surface area (Å²) in [4.78, 5) is 38.5. The zero-order valence-electron chi connectivity index (χ0n) is 25.0. The van der Waals surface area contributed by atoms with Crippen LogP contribution in [0.5, 0.6) is 5.75 Å². The lowest BCUT2D eigenvalue weighted by molar-refractivity contribution is -0.376. The van der Waals surface area contributed by atoms with Crippen molar-refractivity contribution in [1.82, 2.24) is 4.90 Å². The summed E-state index contributed by atoms with van der Waals surface area (Å²) in [6, 6.07) is 7.22. The smallest absolute Gasteiger partial charge is 0.430 e. The lowest BCUT2D eigenvalue weighted by Crippen LogP contribution is -2.54. The van der Waals surface area contributed by atoms with Crippen molar-refractivity contribution in [2.75, 3.05) is 13.2 Å². The van der Waals surface area contributed by atoms with Gasteiger partial charge >= 0.3 is 18.3 Å². The third-order valence-electron chi connectivity index (χ3n) is 7.77. The Balaban J connectivity index is 1.79. The van der Waals surface area contributed by atoms with Crippen LogP contribution in [0.2, 0.25) is 0 Å². The van der Waals surface area contributed by atoms with E-state index >= 15 is 0 Å². The Bertz CT molecular complexity index is 1410. The molecule has 1 atom stereocenters. The molecule has 2 N–H and O–H groups in total. The molecule has 1 heterocycles. The summed E-state index contributed by atoms with van der Waals surface area (Å²) in [6.07, 6.45) is -7.89. The standard InChI is InChI=1S/C32H35F6NO6/c1-4-9-20-17-24(30(44,31(33,34)35)32(36,37)38)18-21(10-5-2)26(20)45-16-7-6-15-39-25(40)13-14-29(3,28(39)43)23-12-8-11-22(19-23)27(41)42/h8,11-14,17-19,44H,4-7,9-10,15-16H2,1-3H3,(H,41,42). The maximum Gasteiger partial charge on any atom is 0.430 e. The van der Waals surface area contributed by atoms with E-state index in [4.69, 9.17) is 4.74 Å². The number of alkyl halides is 6. The number of hydrogen-bond donors (Lipinski definition) is 2. The van der Waals surface area contributed by atoms with E-state index in [1.165, 1.54) is 30.4 Å². The Morgan fingerprint density at radius 3 is 2.02 bits per heavy atom. The van der Waals surface area contributed by atoms with Crippen LogP contribution in [0, 0.1) is 0 Å². The molecule has 1 unspecified atom stereocenters. The molecule has 0 saturated heterocycles. The predicted octanol–water partition coefficient (Wildman–Crippen LogP) is 6.64. The number of ether oxygens (including phenoxy) is 1. The SMILES string of the molecule is CCCc1cc(C(O)(C(F)(F)F)C(F)(F)F)cc(CCC)c1OCCCCN1C(=O)C=CC(C)(c2cccc(C(=O)O)c2)C1=O. The number of nitrogens with zero attached hydrogens (tertiary/aromatic N) is 1. The Hall–Kier alpha value is -3.87. The quantitative estimate of drug-likeness (QED) is 0.144. The number of carbonyl (C=O) groups excluding carboxylic acids is 2. The van der Waals surface area contributed by atoms with E-state index in [2.05, 4.69) is 0 Å². The van der Waals surface area contributed by atoms with Gasteiger partial charge < -0.3 is 14.9 Å². The van der Waals surface area contributed by atoms with Gasteiger partial charge in [0.1, 0.15) is 5.75 Å². The molecule has 3 rings (SSSR count). The number of benzene rings is 2. The molecule has 1 aliphatic heterocycles. The van der Waals surface area contributed by atoms with Gasteiger partial charge in [-0.15, -0.1) is 0 Å².